The van der Waals surface area contributed by atoms with Gasteiger partial charge < -0.3 is 11.5 Å². The quantitative estimate of drug-likeness (QED) is 0.509. The third-order valence-corrected chi connectivity index (χ3v) is 5.64. The molecular weight excluding hydrogens is 414 g/mol. The molecule has 2 heterocycles. The first-order valence-electron chi connectivity index (χ1n) is 10.4. The van der Waals surface area contributed by atoms with E-state index in [1.165, 1.54) is 47.9 Å². The predicted octanol–water partition coefficient (Wildman–Crippen LogP) is 3.43. The monoisotopic (exact) mass is 438 g/mol. The van der Waals surface area contributed by atoms with Crippen molar-refractivity contribution in [3.63, 3.8) is 0 Å². The number of carbonyl (C=O) groups is 1. The Labute approximate surface area is 184 Å². The zero-order chi connectivity index (χ0) is 22.7. The average molecular weight is 438 g/mol. The molecule has 0 spiro atoms. The number of nitrogens with two attached hydrogens (primary N) is 2. The van der Waals surface area contributed by atoms with Crippen LogP contribution >= 0.6 is 0 Å². The molecule has 1 aromatic carbocycles. The van der Waals surface area contributed by atoms with E-state index in [4.69, 9.17) is 11.5 Å². The van der Waals surface area contributed by atoms with Crippen molar-refractivity contribution in [1.82, 2.24) is 15.4 Å². The van der Waals surface area contributed by atoms with Gasteiger partial charge in [-0.15, -0.1) is 0 Å². The molecule has 7 nitrogen and oxygen atoms in total. The van der Waals surface area contributed by atoms with Crippen molar-refractivity contribution in [2.75, 3.05) is 5.01 Å². The summed E-state index contributed by atoms with van der Waals surface area (Å²) in [5.41, 5.74) is 15.3. The Morgan fingerprint density at radius 1 is 1.03 bits per heavy atom. The van der Waals surface area contributed by atoms with E-state index in [0.29, 0.717) is 5.82 Å². The van der Waals surface area contributed by atoms with Crippen molar-refractivity contribution in [3.05, 3.63) is 72.2 Å². The summed E-state index contributed by atoms with van der Waals surface area (Å²) >= 11 is 0. The Morgan fingerprint density at radius 3 is 2.50 bits per heavy atom. The average Bonchev–Trinajstić information content (AvgIpc) is 2.80. The zero-order valence-electron chi connectivity index (χ0n) is 17.3. The second kappa shape index (κ2) is 9.37. The third kappa shape index (κ3) is 4.44. The molecule has 1 aliphatic carbocycles. The summed E-state index contributed by atoms with van der Waals surface area (Å²) in [4.78, 5) is 19.9. The summed E-state index contributed by atoms with van der Waals surface area (Å²) in [7, 11) is 0. The molecule has 4 rings (SSSR count). The topological polar surface area (TPSA) is 110 Å². The van der Waals surface area contributed by atoms with E-state index in [9.17, 15) is 9.18 Å². The molecule has 2 unspecified atom stereocenters. The summed E-state index contributed by atoms with van der Waals surface area (Å²) in [5.74, 6) is -1.52. The highest BCUT2D eigenvalue weighted by Crippen LogP contribution is 2.33. The summed E-state index contributed by atoms with van der Waals surface area (Å²) in [6.07, 6.45) is 7.61. The molecule has 5 N–H and O–H groups in total. The van der Waals surface area contributed by atoms with Gasteiger partial charge in [-0.1, -0.05) is 31.0 Å². The SMILES string of the molecule is NC(=O)c1ccc(N(NC2CCCCC2N)c2cncc(-c3ccccc3F)c2F)nc1. The van der Waals surface area contributed by atoms with Gasteiger partial charge in [-0.3, -0.25) is 14.8 Å². The highest BCUT2D eigenvalue weighted by atomic mass is 19.1. The Hall–Kier alpha value is -3.43. The lowest BCUT2D eigenvalue weighted by molar-refractivity contribution is 0.1000. The zero-order valence-corrected chi connectivity index (χ0v) is 17.3. The van der Waals surface area contributed by atoms with E-state index in [0.717, 1.165) is 25.7 Å². The molecule has 166 valence electrons. The number of amides is 1. The number of hydrazine groups is 1. The summed E-state index contributed by atoms with van der Waals surface area (Å²) in [5, 5.41) is 1.45. The smallest absolute Gasteiger partial charge is 0.250 e. The van der Waals surface area contributed by atoms with Gasteiger partial charge >= 0.3 is 0 Å². The van der Waals surface area contributed by atoms with Crippen LogP contribution in [0.15, 0.2) is 55.0 Å². The van der Waals surface area contributed by atoms with Crippen molar-refractivity contribution in [1.29, 1.82) is 0 Å². The first-order valence-corrected chi connectivity index (χ1v) is 10.4. The molecule has 3 aromatic rings. The molecule has 32 heavy (non-hydrogen) atoms. The van der Waals surface area contributed by atoms with Crippen LogP contribution in [0.3, 0.4) is 0 Å². The van der Waals surface area contributed by atoms with Crippen LogP contribution in [0.2, 0.25) is 0 Å². The van der Waals surface area contributed by atoms with E-state index in [2.05, 4.69) is 15.4 Å². The Balaban J connectivity index is 1.78. The second-order valence-corrected chi connectivity index (χ2v) is 7.79. The van der Waals surface area contributed by atoms with Gasteiger partial charge in [-0.05, 0) is 31.0 Å². The number of aromatic nitrogens is 2. The van der Waals surface area contributed by atoms with Gasteiger partial charge in [0, 0.05) is 35.6 Å². The standard InChI is InChI=1S/C23H24F2N6O/c24-17-6-2-1-5-15(17)16-12-28-13-20(22(16)25)31(30-19-8-4-3-7-18(19)26)21-10-9-14(11-29-21)23(27)32/h1-2,5-6,9-13,18-19,30H,3-4,7-8,26H2,(H2,27,32). The number of pyridine rings is 2. The maximum absolute atomic E-state index is 15.7. The number of halogens is 2. The van der Waals surface area contributed by atoms with E-state index in [1.54, 1.807) is 12.1 Å². The number of anilines is 2. The van der Waals surface area contributed by atoms with Crippen molar-refractivity contribution in [2.24, 2.45) is 11.5 Å². The first kappa shape index (κ1) is 21.8. The molecule has 2 atom stereocenters. The molecule has 0 saturated heterocycles. The van der Waals surface area contributed by atoms with E-state index >= 15 is 4.39 Å². The third-order valence-electron chi connectivity index (χ3n) is 5.64. The van der Waals surface area contributed by atoms with Crippen LogP contribution in [0.5, 0.6) is 0 Å². The highest BCUT2D eigenvalue weighted by Gasteiger charge is 2.27. The normalized spacial score (nSPS) is 18.3. The molecule has 9 heteroatoms. The number of carbonyl (C=O) groups excluding carboxylic acids is 1. The van der Waals surface area contributed by atoms with Crippen molar-refractivity contribution >= 4 is 17.4 Å². The van der Waals surface area contributed by atoms with Crippen molar-refractivity contribution in [3.8, 4) is 11.1 Å². The Kier molecular flexibility index (Phi) is 6.38. The van der Waals surface area contributed by atoms with Gasteiger partial charge in [0.2, 0.25) is 5.91 Å². The minimum atomic E-state index is -0.664. The summed E-state index contributed by atoms with van der Waals surface area (Å²) in [6, 6.07) is 8.74. The van der Waals surface area contributed by atoms with Gasteiger partial charge in [-0.2, -0.15) is 0 Å². The van der Waals surface area contributed by atoms with Gasteiger partial charge in [0.1, 0.15) is 17.3 Å². The van der Waals surface area contributed by atoms with Gasteiger partial charge in [0.05, 0.1) is 11.8 Å². The fourth-order valence-corrected chi connectivity index (χ4v) is 3.87. The molecule has 1 aliphatic rings. The number of benzene rings is 1. The minimum absolute atomic E-state index is 0.0223. The predicted molar refractivity (Wildman–Crippen MR) is 118 cm³/mol. The summed E-state index contributed by atoms with van der Waals surface area (Å²) < 4.78 is 30.1. The van der Waals surface area contributed by atoms with Crippen LogP contribution < -0.4 is 21.9 Å². The number of primary amides is 1. The Bertz CT molecular complexity index is 1110. The van der Waals surface area contributed by atoms with Gasteiger partial charge in [0.25, 0.3) is 0 Å². The number of nitrogens with one attached hydrogen (secondary N) is 1. The van der Waals surface area contributed by atoms with Crippen molar-refractivity contribution < 1.29 is 13.6 Å². The maximum Gasteiger partial charge on any atom is 0.250 e. The lowest BCUT2D eigenvalue weighted by Gasteiger charge is -2.35. The van der Waals surface area contributed by atoms with E-state index < -0.39 is 17.5 Å². The molecule has 0 aliphatic heterocycles. The van der Waals surface area contributed by atoms with Gasteiger partial charge in [0.15, 0.2) is 5.82 Å². The van der Waals surface area contributed by atoms with Crippen LogP contribution in [-0.4, -0.2) is 28.0 Å². The van der Waals surface area contributed by atoms with Gasteiger partial charge in [-0.25, -0.2) is 19.2 Å². The lowest BCUT2D eigenvalue weighted by Crippen LogP contribution is -2.53. The van der Waals surface area contributed by atoms with E-state index in [-0.39, 0.29) is 34.5 Å². The van der Waals surface area contributed by atoms with Crippen molar-refractivity contribution in [2.45, 2.75) is 37.8 Å². The molecule has 1 saturated carbocycles. The number of hydrogen-bond acceptors (Lipinski definition) is 6. The van der Waals surface area contributed by atoms with Crippen LogP contribution in [-0.2, 0) is 0 Å². The molecule has 0 bridgehead atoms. The fourth-order valence-electron chi connectivity index (χ4n) is 3.87. The van der Waals surface area contributed by atoms with E-state index in [1.807, 2.05) is 0 Å². The molecular formula is C23H24F2N6O. The second-order valence-electron chi connectivity index (χ2n) is 7.79. The number of rotatable bonds is 6. The Morgan fingerprint density at radius 2 is 1.81 bits per heavy atom. The van der Waals surface area contributed by atoms with Crippen LogP contribution in [0, 0.1) is 11.6 Å². The fraction of sp³-hybridized carbons (Fsp3) is 0.261. The minimum Gasteiger partial charge on any atom is -0.366 e. The highest BCUT2D eigenvalue weighted by molar-refractivity contribution is 5.92. The molecule has 2 aromatic heterocycles. The molecule has 0 radical (unpaired) electrons. The molecule has 1 amide bonds. The van der Waals surface area contributed by atoms with Crippen LogP contribution in [0.4, 0.5) is 20.3 Å². The summed E-state index contributed by atoms with van der Waals surface area (Å²) in [6.45, 7) is 0. The maximum atomic E-state index is 15.7. The first-order chi connectivity index (χ1) is 15.5. The van der Waals surface area contributed by atoms with Crippen LogP contribution in [0.1, 0.15) is 36.0 Å². The lowest BCUT2D eigenvalue weighted by atomic mass is 9.91. The molecule has 1 fully saturated rings. The number of nitrogens with zero attached hydrogens (tertiary/aromatic N) is 3. The number of hydrogen-bond donors (Lipinski definition) is 3. The largest absolute Gasteiger partial charge is 0.366 e. The van der Waals surface area contributed by atoms with Crippen LogP contribution in [0.25, 0.3) is 11.1 Å².